The molecule has 28 nitrogen and oxygen atoms in total. The molecule has 16 atom stereocenters. The van der Waals surface area contributed by atoms with Crippen LogP contribution >= 0.6 is 48.9 Å². The molecule has 0 aromatic carbocycles. The number of hydrogen-bond acceptors (Lipinski definition) is 24. The maximum absolute atomic E-state index is 14.5. The molecule has 4 aromatic heterocycles. The van der Waals surface area contributed by atoms with Crippen LogP contribution in [0.1, 0.15) is 55.3 Å². The molecule has 0 saturated carbocycles. The number of alkyl halides is 4. The first kappa shape index (κ1) is 55.6. The first-order valence-corrected chi connectivity index (χ1v) is 23.0. The predicted octanol–water partition coefficient (Wildman–Crippen LogP) is -4.82. The zero-order valence-corrected chi connectivity index (χ0v) is 42.6. The maximum atomic E-state index is 14.5. The molecule has 4 saturated heterocycles. The highest BCUT2D eigenvalue weighted by Gasteiger charge is 2.59. The molecule has 36 heteroatoms. The van der Waals surface area contributed by atoms with Gasteiger partial charge in [0.05, 0.1) is 8.22 Å². The van der Waals surface area contributed by atoms with Crippen molar-refractivity contribution in [1.29, 1.82) is 0 Å². The van der Waals surface area contributed by atoms with Crippen LogP contribution in [-0.2, 0) is 18.9 Å². The van der Waals surface area contributed by atoms with E-state index in [1.54, 1.807) is 0 Å². The lowest BCUT2D eigenvalue weighted by atomic mass is 10.1. The number of nitrogens with one attached hydrogen (secondary N) is 4. The minimum absolute atomic E-state index is 0.107. The number of aromatic nitrogens is 8. The molecule has 4 fully saturated rings. The van der Waals surface area contributed by atoms with Gasteiger partial charge in [0, 0.05) is 24.8 Å². The molecule has 0 amide bonds. The number of aromatic amines is 4. The van der Waals surface area contributed by atoms with Gasteiger partial charge in [0.2, 0.25) is 0 Å². The van der Waals surface area contributed by atoms with Crippen molar-refractivity contribution in [2.45, 2.75) is 97.1 Å². The quantitative estimate of drug-likeness (QED) is 0.0447. The number of aliphatic hydroxyl groups excluding tert-OH is 10. The van der Waals surface area contributed by atoms with Crippen molar-refractivity contribution >= 4 is 48.9 Å². The number of nitrogens with zero attached hydrogens (tertiary/aromatic N) is 4. The second-order valence-corrected chi connectivity index (χ2v) is 17.8. The van der Waals surface area contributed by atoms with Gasteiger partial charge in [0.15, 0.2) is 43.9 Å². The molecular weight excluding hydrogens is 1160 g/mol. The van der Waals surface area contributed by atoms with Crippen molar-refractivity contribution < 1.29 is 106 Å². The van der Waals surface area contributed by atoms with Gasteiger partial charge in [-0.3, -0.25) is 57.4 Å². The van der Waals surface area contributed by atoms with Crippen molar-refractivity contribution in [1.82, 2.24) is 38.2 Å². The second kappa shape index (κ2) is 25.2. The summed E-state index contributed by atoms with van der Waals surface area (Å²) in [5.41, 5.74) is -3.68. The number of halogens is 4. The summed E-state index contributed by atoms with van der Waals surface area (Å²) in [7, 11) is 0. The standard InChI is InChI=1S/4C11H11FN2O5S/c4*1-2-5-3-14(10(20)13-8(5)18)9-6(16)7(17)11(12,4-15)19-9/h4*1,3,6-7,9,15-17H,4H2,(H,13,18,20)/t4*6-,7+,9-,11-/m1111/s1/i4D2,9D;9D;4D2;. The van der Waals surface area contributed by atoms with Gasteiger partial charge in [-0.15, -0.1) is 25.7 Å². The van der Waals surface area contributed by atoms with Crippen molar-refractivity contribution in [3.05, 3.63) is 108 Å². The molecule has 8 rings (SSSR count). The summed E-state index contributed by atoms with van der Waals surface area (Å²) in [5.74, 6) is -5.18. The summed E-state index contributed by atoms with van der Waals surface area (Å²) in [6, 6.07) is 0. The van der Waals surface area contributed by atoms with Crippen LogP contribution < -0.4 is 22.2 Å². The normalized spacial score (nSPS) is 36.4. The SMILES string of the molecule is C#Cc1cn([C@@H]2O[C@](F)(CO)[C@@H](O)[C@H]2O)c(=S)[nH]c1=O.[2H]C([2H])(O)[C@@]1(F)O[C@@H](n2cc(C#C)c(=O)[nH]c2=S)[C@H](O)[C@@H]1O.[2H]C([2H])(O)[C@@]1(F)O[C@@]([2H])(n2cc(C#C)c(=O)[nH]c2=S)[C@H](O)[C@@H]1O.[2H][C@@]1(n2cc(C#C)c(=O)[nH]c2=S)O[C@](F)(CO)[C@@H](O)[C@H]1O. The fraction of sp³-hybridized carbons (Fsp3) is 0.455. The van der Waals surface area contributed by atoms with E-state index >= 15 is 0 Å². The van der Waals surface area contributed by atoms with E-state index in [9.17, 15) is 87.8 Å². The van der Waals surface area contributed by atoms with E-state index in [0.717, 1.165) is 33.9 Å². The summed E-state index contributed by atoms with van der Waals surface area (Å²) in [6.45, 7) is -9.78. The van der Waals surface area contributed by atoms with Gasteiger partial charge in [0.1, 0.15) is 97.4 Å². The number of rotatable bonds is 8. The minimum Gasteiger partial charge on any atom is -0.390 e. The van der Waals surface area contributed by atoms with E-state index in [1.807, 2.05) is 17.8 Å². The fourth-order valence-electron chi connectivity index (χ4n) is 7.01. The van der Waals surface area contributed by atoms with Crippen molar-refractivity contribution in [2.75, 3.05) is 26.3 Å². The average Bonchev–Trinajstić information content (AvgIpc) is 1.75. The molecule has 0 bridgehead atoms. The highest BCUT2D eigenvalue weighted by atomic mass is 32.1. The van der Waals surface area contributed by atoms with E-state index in [4.69, 9.17) is 97.7 Å². The van der Waals surface area contributed by atoms with Crippen LogP contribution in [0, 0.1) is 68.5 Å². The van der Waals surface area contributed by atoms with Gasteiger partial charge in [-0.05, 0) is 48.9 Å². The van der Waals surface area contributed by atoms with Crippen LogP contribution in [0.5, 0.6) is 0 Å². The third kappa shape index (κ3) is 12.5. The van der Waals surface area contributed by atoms with Gasteiger partial charge < -0.3 is 80.2 Å². The Hall–Kier alpha value is -6.28. The Morgan fingerprint density at radius 1 is 0.475 bits per heavy atom. The van der Waals surface area contributed by atoms with Crippen molar-refractivity contribution in [3.63, 3.8) is 0 Å². The van der Waals surface area contributed by atoms with E-state index < -0.39 is 150 Å². The number of aliphatic hydroxyl groups is 12. The van der Waals surface area contributed by atoms with E-state index in [0.29, 0.717) is 9.13 Å². The zero-order chi connectivity index (χ0) is 65.7. The Morgan fingerprint density at radius 2 is 0.713 bits per heavy atom. The van der Waals surface area contributed by atoms with E-state index in [1.165, 1.54) is 0 Å². The number of hydrogen-bond donors (Lipinski definition) is 16. The van der Waals surface area contributed by atoms with Gasteiger partial charge in [-0.1, -0.05) is 23.7 Å². The van der Waals surface area contributed by atoms with Gasteiger partial charge in [-0.2, -0.15) is 0 Å². The fourth-order valence-corrected chi connectivity index (χ4v) is 7.98. The highest BCUT2D eigenvalue weighted by Crippen LogP contribution is 2.41. The molecule has 0 radical (unpaired) electrons. The molecule has 80 heavy (non-hydrogen) atoms. The summed E-state index contributed by atoms with van der Waals surface area (Å²) in [5, 5.41) is 114. The van der Waals surface area contributed by atoms with E-state index in [2.05, 4.69) is 40.1 Å². The lowest BCUT2D eigenvalue weighted by Gasteiger charge is -2.20. The smallest absolute Gasteiger partial charge is 0.267 e. The van der Waals surface area contributed by atoms with Gasteiger partial charge >= 0.3 is 0 Å². The third-order valence-electron chi connectivity index (χ3n) is 11.3. The summed E-state index contributed by atoms with van der Waals surface area (Å²) in [4.78, 5) is 54.5. The highest BCUT2D eigenvalue weighted by molar-refractivity contribution is 7.71. The lowest BCUT2D eigenvalue weighted by molar-refractivity contribution is -0.207. The number of terminal acetylenes is 4. The largest absolute Gasteiger partial charge is 0.390 e. The lowest BCUT2D eigenvalue weighted by Crippen LogP contribution is -2.42. The van der Waals surface area contributed by atoms with Gasteiger partial charge in [0.25, 0.3) is 45.7 Å². The monoisotopic (exact) mass is 1210 g/mol. The Bertz CT molecular complexity index is 3970. The van der Waals surface area contributed by atoms with Gasteiger partial charge in [-0.25, -0.2) is 17.6 Å². The van der Waals surface area contributed by atoms with Crippen LogP contribution in [0.4, 0.5) is 17.6 Å². The first-order valence-electron chi connectivity index (χ1n) is 24.4. The van der Waals surface area contributed by atoms with Crippen molar-refractivity contribution in [3.8, 4) is 49.4 Å². The van der Waals surface area contributed by atoms with E-state index in [-0.39, 0.29) is 36.6 Å². The van der Waals surface area contributed by atoms with Crippen LogP contribution in [0.2, 0.25) is 0 Å². The second-order valence-electron chi connectivity index (χ2n) is 16.3. The van der Waals surface area contributed by atoms with Crippen LogP contribution in [0.15, 0.2) is 44.0 Å². The Balaban J connectivity index is 0.000000210. The molecule has 0 aliphatic carbocycles. The molecule has 4 aromatic rings. The molecule has 0 spiro atoms. The Morgan fingerprint density at radius 3 is 0.975 bits per heavy atom. The van der Waals surface area contributed by atoms with Crippen molar-refractivity contribution in [2.24, 2.45) is 0 Å². The van der Waals surface area contributed by atoms with Crippen LogP contribution in [0.25, 0.3) is 0 Å². The zero-order valence-electron chi connectivity index (χ0n) is 45.4. The summed E-state index contributed by atoms with van der Waals surface area (Å²) < 4.78 is 121. The summed E-state index contributed by atoms with van der Waals surface area (Å²) in [6.07, 6.45) is -1.70. The number of H-pyrrole nitrogens is 4. The molecule has 8 heterocycles. The first-order chi connectivity index (χ1) is 39.4. The topological polar surface area (TPSA) is 431 Å². The molecular formula is C44H44F4N8O20S4. The molecule has 0 unspecified atom stereocenters. The van der Waals surface area contributed by atoms with Crippen LogP contribution in [-0.4, -0.2) is 198 Å². The predicted molar refractivity (Wildman–Crippen MR) is 268 cm³/mol. The molecule has 432 valence electrons. The molecule has 16 N–H and O–H groups in total. The van der Waals surface area contributed by atoms with Crippen LogP contribution in [0.3, 0.4) is 0 Å². The summed E-state index contributed by atoms with van der Waals surface area (Å²) >= 11 is 19.3. The molecule has 4 aliphatic rings. The number of ether oxygens (including phenoxy) is 4. The Kier molecular flexibility index (Phi) is 17.6. The molecule has 4 aliphatic heterocycles. The Labute approximate surface area is 472 Å². The minimum atomic E-state index is -3.82. The third-order valence-corrected chi connectivity index (χ3v) is 12.5. The maximum Gasteiger partial charge on any atom is 0.267 e. The average molecular weight is 1220 g/mol.